The Labute approximate surface area is 147 Å². The molecule has 0 aliphatic rings. The molecule has 0 unspecified atom stereocenters. The van der Waals surface area contributed by atoms with Crippen LogP contribution in [-0.4, -0.2) is 4.98 Å². The highest BCUT2D eigenvalue weighted by Crippen LogP contribution is 2.37. The Bertz CT molecular complexity index is 700. The van der Waals surface area contributed by atoms with Crippen molar-refractivity contribution in [1.82, 2.24) is 4.98 Å². The molecule has 0 saturated carbocycles. The van der Waals surface area contributed by atoms with Gasteiger partial charge in [0.2, 0.25) is 0 Å². The molecule has 1 aromatic heterocycles. The maximum Gasteiger partial charge on any atom is 0.167 e. The maximum absolute atomic E-state index is 13.6. The van der Waals surface area contributed by atoms with E-state index in [1.165, 1.54) is 12.1 Å². The standard InChI is InChI=1S/C13H9Br2Cl2FN2O/c1-5(10-7(16)2-3-8(18)11(10)17)21-9-4-6(14)12(15)20-13(9)19/h2-5H,1H3,(H2,19,20)/t5-/m1/s1. The van der Waals surface area contributed by atoms with Gasteiger partial charge in [-0.15, -0.1) is 0 Å². The molecule has 2 aromatic rings. The lowest BCUT2D eigenvalue weighted by molar-refractivity contribution is 0.227. The lowest BCUT2D eigenvalue weighted by Crippen LogP contribution is -2.08. The molecule has 0 fully saturated rings. The molecule has 0 spiro atoms. The Hall–Kier alpha value is -0.560. The van der Waals surface area contributed by atoms with E-state index in [1.807, 2.05) is 0 Å². The second-order valence-corrected chi connectivity index (χ2v) is 6.55. The van der Waals surface area contributed by atoms with Gasteiger partial charge in [0.15, 0.2) is 11.6 Å². The van der Waals surface area contributed by atoms with E-state index in [2.05, 4.69) is 36.8 Å². The molecule has 0 saturated heterocycles. The zero-order valence-corrected chi connectivity index (χ0v) is 15.3. The predicted molar refractivity (Wildman–Crippen MR) is 89.5 cm³/mol. The van der Waals surface area contributed by atoms with Crippen LogP contribution in [0.25, 0.3) is 0 Å². The number of hydrogen-bond acceptors (Lipinski definition) is 3. The molecule has 0 radical (unpaired) electrons. The topological polar surface area (TPSA) is 48.1 Å². The molecule has 1 aromatic carbocycles. The molecule has 21 heavy (non-hydrogen) atoms. The number of ether oxygens (including phenoxy) is 1. The van der Waals surface area contributed by atoms with Crippen molar-refractivity contribution < 1.29 is 9.13 Å². The molecular weight excluding hydrogens is 450 g/mol. The fraction of sp³-hybridized carbons (Fsp3) is 0.154. The summed E-state index contributed by atoms with van der Waals surface area (Å²) in [6, 6.07) is 4.29. The van der Waals surface area contributed by atoms with Crippen molar-refractivity contribution in [2.45, 2.75) is 13.0 Å². The van der Waals surface area contributed by atoms with Crippen LogP contribution >= 0.6 is 55.1 Å². The SMILES string of the molecule is C[C@@H](Oc1cc(Br)c(Br)nc1N)c1c(Cl)ccc(F)c1Cl. The van der Waals surface area contributed by atoms with Crippen LogP contribution in [0.1, 0.15) is 18.6 Å². The van der Waals surface area contributed by atoms with Crippen molar-refractivity contribution in [2.75, 3.05) is 5.73 Å². The summed E-state index contributed by atoms with van der Waals surface area (Å²) in [5.41, 5.74) is 6.15. The van der Waals surface area contributed by atoms with E-state index in [1.54, 1.807) is 13.0 Å². The van der Waals surface area contributed by atoms with Gasteiger partial charge in [0, 0.05) is 16.7 Å². The summed E-state index contributed by atoms with van der Waals surface area (Å²) in [5.74, 6) is -0.0239. The quantitative estimate of drug-likeness (QED) is 0.469. The first kappa shape index (κ1) is 16.8. The van der Waals surface area contributed by atoms with E-state index in [-0.39, 0.29) is 10.8 Å². The van der Waals surface area contributed by atoms with Crippen molar-refractivity contribution in [3.05, 3.63) is 48.7 Å². The van der Waals surface area contributed by atoms with Gasteiger partial charge in [0.1, 0.15) is 16.5 Å². The van der Waals surface area contributed by atoms with Gasteiger partial charge in [-0.2, -0.15) is 0 Å². The minimum Gasteiger partial charge on any atom is -0.482 e. The number of nitrogen functional groups attached to an aromatic ring is 1. The summed E-state index contributed by atoms with van der Waals surface area (Å²) < 4.78 is 20.5. The zero-order valence-electron chi connectivity index (χ0n) is 10.6. The van der Waals surface area contributed by atoms with Gasteiger partial charge in [0.25, 0.3) is 0 Å². The van der Waals surface area contributed by atoms with Gasteiger partial charge in [-0.25, -0.2) is 9.37 Å². The number of pyridine rings is 1. The third kappa shape index (κ3) is 3.62. The van der Waals surface area contributed by atoms with Crippen molar-refractivity contribution >= 4 is 60.9 Å². The van der Waals surface area contributed by atoms with Crippen LogP contribution in [0.5, 0.6) is 5.75 Å². The van der Waals surface area contributed by atoms with Crippen molar-refractivity contribution in [1.29, 1.82) is 0 Å². The number of halogens is 5. The molecule has 1 atom stereocenters. The van der Waals surface area contributed by atoms with E-state index in [0.717, 1.165) is 0 Å². The Kier molecular flexibility index (Phi) is 5.35. The number of nitrogens with zero attached hydrogens (tertiary/aromatic N) is 1. The zero-order chi connectivity index (χ0) is 15.7. The first-order valence-electron chi connectivity index (χ1n) is 5.72. The summed E-state index contributed by atoms with van der Waals surface area (Å²) in [5, 5.41) is 0.245. The van der Waals surface area contributed by atoms with E-state index in [4.69, 9.17) is 33.7 Å². The maximum atomic E-state index is 13.6. The largest absolute Gasteiger partial charge is 0.482 e. The van der Waals surface area contributed by atoms with Gasteiger partial charge in [-0.1, -0.05) is 23.2 Å². The molecule has 0 bridgehead atoms. The summed E-state index contributed by atoms with van der Waals surface area (Å²) in [4.78, 5) is 4.06. The normalized spacial score (nSPS) is 12.3. The second-order valence-electron chi connectivity index (χ2n) is 4.16. The molecule has 1 heterocycles. The lowest BCUT2D eigenvalue weighted by Gasteiger charge is -2.19. The third-order valence-electron chi connectivity index (χ3n) is 2.72. The average molecular weight is 459 g/mol. The van der Waals surface area contributed by atoms with Crippen LogP contribution in [0.15, 0.2) is 27.3 Å². The minimum absolute atomic E-state index is 0.0716. The van der Waals surface area contributed by atoms with E-state index >= 15 is 0 Å². The Balaban J connectivity index is 2.37. The van der Waals surface area contributed by atoms with Gasteiger partial charge in [-0.3, -0.25) is 0 Å². The summed E-state index contributed by atoms with van der Waals surface area (Å²) in [7, 11) is 0. The molecule has 112 valence electrons. The predicted octanol–water partition coefficient (Wildman–Crippen LogP) is 5.77. The number of benzene rings is 1. The molecule has 0 aliphatic heterocycles. The van der Waals surface area contributed by atoms with Crippen molar-refractivity contribution in [3.8, 4) is 5.75 Å². The number of aromatic nitrogens is 1. The monoisotopic (exact) mass is 456 g/mol. The van der Waals surface area contributed by atoms with E-state index in [0.29, 0.717) is 25.4 Å². The molecule has 2 rings (SSSR count). The van der Waals surface area contributed by atoms with Crippen LogP contribution in [-0.2, 0) is 0 Å². The highest BCUT2D eigenvalue weighted by molar-refractivity contribution is 9.13. The van der Waals surface area contributed by atoms with Gasteiger partial charge in [0.05, 0.1) is 9.50 Å². The Morgan fingerprint density at radius 2 is 2.00 bits per heavy atom. The summed E-state index contributed by atoms with van der Waals surface area (Å²) in [6.07, 6.45) is -0.599. The molecule has 0 aliphatic carbocycles. The van der Waals surface area contributed by atoms with Crippen molar-refractivity contribution in [3.63, 3.8) is 0 Å². The third-order valence-corrected chi connectivity index (χ3v) is 5.17. The van der Waals surface area contributed by atoms with Gasteiger partial charge < -0.3 is 10.5 Å². The smallest absolute Gasteiger partial charge is 0.167 e. The highest BCUT2D eigenvalue weighted by Gasteiger charge is 2.20. The molecule has 3 nitrogen and oxygen atoms in total. The van der Waals surface area contributed by atoms with Gasteiger partial charge in [-0.05, 0) is 50.9 Å². The van der Waals surface area contributed by atoms with Crippen LogP contribution in [0.4, 0.5) is 10.2 Å². The van der Waals surface area contributed by atoms with Crippen LogP contribution in [0.2, 0.25) is 10.0 Å². The van der Waals surface area contributed by atoms with Crippen LogP contribution in [0, 0.1) is 5.82 Å². The molecule has 2 N–H and O–H groups in total. The Morgan fingerprint density at radius 1 is 1.33 bits per heavy atom. The minimum atomic E-state index is -0.599. The molecule has 8 heteroatoms. The average Bonchev–Trinajstić information content (AvgIpc) is 2.41. The van der Waals surface area contributed by atoms with Gasteiger partial charge >= 0.3 is 0 Å². The van der Waals surface area contributed by atoms with E-state index in [9.17, 15) is 4.39 Å². The fourth-order valence-corrected chi connectivity index (χ4v) is 3.00. The summed E-state index contributed by atoms with van der Waals surface area (Å²) in [6.45, 7) is 1.70. The lowest BCUT2D eigenvalue weighted by atomic mass is 10.1. The fourth-order valence-electron chi connectivity index (χ4n) is 1.72. The first-order chi connectivity index (χ1) is 9.81. The first-order valence-corrected chi connectivity index (χ1v) is 8.07. The van der Waals surface area contributed by atoms with Crippen molar-refractivity contribution in [2.24, 2.45) is 0 Å². The van der Waals surface area contributed by atoms with Crippen LogP contribution < -0.4 is 10.5 Å². The number of hydrogen-bond donors (Lipinski definition) is 1. The molecule has 0 amide bonds. The van der Waals surface area contributed by atoms with E-state index < -0.39 is 11.9 Å². The second kappa shape index (κ2) is 6.69. The Morgan fingerprint density at radius 3 is 2.67 bits per heavy atom. The summed E-state index contributed by atoms with van der Waals surface area (Å²) >= 11 is 18.6. The molecular formula is C13H9Br2Cl2FN2O. The number of rotatable bonds is 3. The highest BCUT2D eigenvalue weighted by atomic mass is 79.9. The number of nitrogens with two attached hydrogens (primary N) is 1. The van der Waals surface area contributed by atoms with Crippen LogP contribution in [0.3, 0.4) is 0 Å². The number of anilines is 1.